The molecule has 2 heterocycles. The van der Waals surface area contributed by atoms with E-state index in [-0.39, 0.29) is 13.1 Å². The molecular weight excluding hydrogens is 251 g/mol. The molecular formula is C11H14F3NO3. The summed E-state index contributed by atoms with van der Waals surface area (Å²) < 4.78 is 37.2. The van der Waals surface area contributed by atoms with Crippen molar-refractivity contribution in [1.82, 2.24) is 4.90 Å². The zero-order valence-electron chi connectivity index (χ0n) is 9.88. The van der Waals surface area contributed by atoms with Crippen LogP contribution in [0, 0.1) is 10.8 Å². The Bertz CT molecular complexity index is 399. The fraction of sp³-hybridized carbons (Fsp3) is 0.818. The molecule has 2 bridgehead atoms. The van der Waals surface area contributed by atoms with Crippen molar-refractivity contribution in [3.63, 3.8) is 0 Å². The molecule has 0 spiro atoms. The summed E-state index contributed by atoms with van der Waals surface area (Å²) in [6, 6.07) is 0. The third kappa shape index (κ3) is 1.76. The molecule has 3 rings (SSSR count). The van der Waals surface area contributed by atoms with Gasteiger partial charge >= 0.3 is 18.1 Å². The van der Waals surface area contributed by atoms with Crippen molar-refractivity contribution >= 4 is 11.9 Å². The Morgan fingerprint density at radius 1 is 1.28 bits per heavy atom. The summed E-state index contributed by atoms with van der Waals surface area (Å²) in [5, 5.41) is 9.13. The summed E-state index contributed by atoms with van der Waals surface area (Å²) in [7, 11) is 0. The largest absolute Gasteiger partial charge is 0.481 e. The van der Waals surface area contributed by atoms with E-state index < -0.39 is 28.9 Å². The molecule has 0 aromatic carbocycles. The number of piperidine rings is 2. The highest BCUT2D eigenvalue weighted by Crippen LogP contribution is 2.60. The second kappa shape index (κ2) is 3.61. The van der Waals surface area contributed by atoms with Gasteiger partial charge in [-0.1, -0.05) is 6.92 Å². The van der Waals surface area contributed by atoms with Crippen LogP contribution in [-0.4, -0.2) is 41.1 Å². The molecule has 18 heavy (non-hydrogen) atoms. The molecule has 0 radical (unpaired) electrons. The van der Waals surface area contributed by atoms with Gasteiger partial charge in [0, 0.05) is 13.1 Å². The maximum atomic E-state index is 12.4. The molecule has 1 N–H and O–H groups in total. The van der Waals surface area contributed by atoms with Gasteiger partial charge in [0.15, 0.2) is 0 Å². The van der Waals surface area contributed by atoms with E-state index in [0.29, 0.717) is 24.2 Å². The van der Waals surface area contributed by atoms with Gasteiger partial charge in [-0.25, -0.2) is 0 Å². The minimum atomic E-state index is -4.93. The second-order valence-electron chi connectivity index (χ2n) is 5.45. The number of aliphatic carboxylic acids is 1. The third-order valence-electron chi connectivity index (χ3n) is 4.18. The molecule has 4 nitrogen and oxygen atoms in total. The average Bonchev–Trinajstić information content (AvgIpc) is 2.25. The number of carboxylic acids is 1. The summed E-state index contributed by atoms with van der Waals surface area (Å²) >= 11 is 0. The van der Waals surface area contributed by atoms with Crippen LogP contribution in [0.4, 0.5) is 13.2 Å². The predicted molar refractivity (Wildman–Crippen MR) is 54.7 cm³/mol. The number of carboxylic acid groups (broad SMARTS) is 1. The van der Waals surface area contributed by atoms with Crippen LogP contribution in [-0.2, 0) is 9.59 Å². The minimum absolute atomic E-state index is 0.0108. The van der Waals surface area contributed by atoms with Crippen LogP contribution in [0.5, 0.6) is 0 Å². The molecule has 2 aliphatic heterocycles. The highest BCUT2D eigenvalue weighted by atomic mass is 19.4. The first kappa shape index (κ1) is 13.2. The summed E-state index contributed by atoms with van der Waals surface area (Å²) in [6.07, 6.45) is -3.61. The van der Waals surface area contributed by atoms with Gasteiger partial charge in [0.1, 0.15) is 0 Å². The number of amides is 1. The fourth-order valence-electron chi connectivity index (χ4n) is 3.34. The van der Waals surface area contributed by atoms with Gasteiger partial charge in [-0.05, 0) is 24.7 Å². The van der Waals surface area contributed by atoms with Crippen LogP contribution in [0.2, 0.25) is 0 Å². The predicted octanol–water partition coefficient (Wildman–Crippen LogP) is 1.65. The van der Waals surface area contributed by atoms with E-state index in [2.05, 4.69) is 0 Å². The molecule has 0 aromatic heterocycles. The smallest absolute Gasteiger partial charge is 0.471 e. The van der Waals surface area contributed by atoms with Crippen molar-refractivity contribution < 1.29 is 27.9 Å². The van der Waals surface area contributed by atoms with Crippen LogP contribution in [0.25, 0.3) is 0 Å². The number of hydrogen-bond acceptors (Lipinski definition) is 2. The number of carbonyl (C=O) groups is 2. The standard InChI is InChI=1S/C11H14F3NO3/c1-2-9-3-10(4-9,8(17)18)6-15(5-9)7(16)11(12,13)14/h2-6H2,1H3,(H,17,18). The van der Waals surface area contributed by atoms with Crippen molar-refractivity contribution in [3.05, 3.63) is 0 Å². The van der Waals surface area contributed by atoms with Crippen LogP contribution in [0.1, 0.15) is 26.2 Å². The van der Waals surface area contributed by atoms with Gasteiger partial charge in [-0.2, -0.15) is 13.2 Å². The van der Waals surface area contributed by atoms with Crippen molar-refractivity contribution in [2.45, 2.75) is 32.4 Å². The van der Waals surface area contributed by atoms with E-state index in [1.165, 1.54) is 0 Å². The zero-order chi connectivity index (χ0) is 13.8. The van der Waals surface area contributed by atoms with Crippen LogP contribution >= 0.6 is 0 Å². The monoisotopic (exact) mass is 265 g/mol. The highest BCUT2D eigenvalue weighted by molar-refractivity contribution is 5.84. The molecule has 0 aromatic rings. The number of hydrogen-bond donors (Lipinski definition) is 1. The van der Waals surface area contributed by atoms with Crippen molar-refractivity contribution in [1.29, 1.82) is 0 Å². The summed E-state index contributed by atoms with van der Waals surface area (Å²) in [6.45, 7) is 1.49. The summed E-state index contributed by atoms with van der Waals surface area (Å²) in [4.78, 5) is 23.0. The fourth-order valence-corrected chi connectivity index (χ4v) is 3.34. The first-order valence-electron chi connectivity index (χ1n) is 5.74. The van der Waals surface area contributed by atoms with Gasteiger partial charge in [0.25, 0.3) is 0 Å². The molecule has 102 valence electrons. The zero-order valence-corrected chi connectivity index (χ0v) is 9.88. The molecule has 3 fully saturated rings. The molecule has 2 saturated heterocycles. The van der Waals surface area contributed by atoms with E-state index in [1.54, 1.807) is 0 Å². The molecule has 3 aliphatic rings. The second-order valence-corrected chi connectivity index (χ2v) is 5.45. The SMILES string of the molecule is CCC12CN(C(=O)C(F)(F)F)CC(C(=O)O)(C1)C2. The Hall–Kier alpha value is -1.27. The number of rotatable bonds is 2. The Labute approximate surface area is 102 Å². The van der Waals surface area contributed by atoms with Crippen molar-refractivity contribution in [2.24, 2.45) is 10.8 Å². The number of alkyl halides is 3. The lowest BCUT2D eigenvalue weighted by atomic mass is 9.49. The maximum absolute atomic E-state index is 12.4. The lowest BCUT2D eigenvalue weighted by Gasteiger charge is -2.61. The van der Waals surface area contributed by atoms with Gasteiger partial charge in [0.05, 0.1) is 5.41 Å². The maximum Gasteiger partial charge on any atom is 0.471 e. The molecule has 1 aliphatic carbocycles. The first-order valence-corrected chi connectivity index (χ1v) is 5.74. The van der Waals surface area contributed by atoms with Crippen molar-refractivity contribution in [2.75, 3.05) is 13.1 Å². The quantitative estimate of drug-likeness (QED) is 0.826. The van der Waals surface area contributed by atoms with E-state index in [9.17, 15) is 22.8 Å². The van der Waals surface area contributed by atoms with E-state index in [1.807, 2.05) is 6.92 Å². The van der Waals surface area contributed by atoms with Crippen LogP contribution in [0.15, 0.2) is 0 Å². The average molecular weight is 265 g/mol. The van der Waals surface area contributed by atoms with E-state index >= 15 is 0 Å². The van der Waals surface area contributed by atoms with E-state index in [0.717, 1.165) is 0 Å². The normalized spacial score (nSPS) is 35.0. The Morgan fingerprint density at radius 2 is 1.83 bits per heavy atom. The molecule has 1 amide bonds. The minimum Gasteiger partial charge on any atom is -0.481 e. The van der Waals surface area contributed by atoms with Crippen molar-refractivity contribution in [3.8, 4) is 0 Å². The summed E-state index contributed by atoms with van der Waals surface area (Å²) in [5.41, 5.74) is -1.62. The molecule has 0 unspecified atom stereocenters. The molecule has 1 saturated carbocycles. The number of halogens is 3. The van der Waals surface area contributed by atoms with Gasteiger partial charge < -0.3 is 10.0 Å². The van der Waals surface area contributed by atoms with E-state index in [4.69, 9.17) is 5.11 Å². The number of carbonyl (C=O) groups excluding carboxylic acids is 1. The Balaban J connectivity index is 2.22. The highest BCUT2D eigenvalue weighted by Gasteiger charge is 2.64. The summed E-state index contributed by atoms with van der Waals surface area (Å²) in [5.74, 6) is -3.03. The Kier molecular flexibility index (Phi) is 2.64. The molecule has 0 atom stereocenters. The lowest BCUT2D eigenvalue weighted by Crippen LogP contribution is -2.67. The first-order chi connectivity index (χ1) is 8.14. The van der Waals surface area contributed by atoms with Crippen LogP contribution in [0.3, 0.4) is 0 Å². The van der Waals surface area contributed by atoms with Gasteiger partial charge in [-0.3, -0.25) is 9.59 Å². The third-order valence-corrected chi connectivity index (χ3v) is 4.18. The number of nitrogens with zero attached hydrogens (tertiary/aromatic N) is 1. The van der Waals surface area contributed by atoms with Crippen LogP contribution < -0.4 is 0 Å². The molecule has 7 heteroatoms. The Morgan fingerprint density at radius 3 is 2.22 bits per heavy atom. The van der Waals surface area contributed by atoms with Gasteiger partial charge in [0.2, 0.25) is 0 Å². The number of fused-ring (bicyclic) bond motifs is 2. The topological polar surface area (TPSA) is 57.6 Å². The van der Waals surface area contributed by atoms with Gasteiger partial charge in [-0.15, -0.1) is 0 Å². The lowest BCUT2D eigenvalue weighted by molar-refractivity contribution is -0.211.